The number of unbranched alkanes of at least 4 members (excludes halogenated alkanes) is 3. The molecule has 0 N–H and O–H groups in total. The zero-order valence-corrected chi connectivity index (χ0v) is 10.3. The Morgan fingerprint density at radius 2 is 2.07 bits per heavy atom. The molecule has 2 atom stereocenters. The lowest BCUT2D eigenvalue weighted by molar-refractivity contribution is 0.0812. The van der Waals surface area contributed by atoms with Crippen molar-refractivity contribution in [1.82, 2.24) is 0 Å². The van der Waals surface area contributed by atoms with Gasteiger partial charge < -0.3 is 9.47 Å². The number of epoxide rings is 1. The Labute approximate surface area is 94.3 Å². The Balaban J connectivity index is 1.90. The molecule has 0 aliphatic carbocycles. The Kier molecular flexibility index (Phi) is 7.03. The van der Waals surface area contributed by atoms with E-state index in [9.17, 15) is 0 Å². The second-order valence-corrected chi connectivity index (χ2v) is 4.62. The van der Waals surface area contributed by atoms with Gasteiger partial charge >= 0.3 is 0 Å². The van der Waals surface area contributed by atoms with Gasteiger partial charge in [-0.2, -0.15) is 0 Å². The number of hydrogen-bond acceptors (Lipinski definition) is 2. The highest BCUT2D eigenvalue weighted by molar-refractivity contribution is 4.67. The van der Waals surface area contributed by atoms with Gasteiger partial charge in [-0.3, -0.25) is 0 Å². The molecule has 2 unspecified atom stereocenters. The minimum atomic E-state index is 0.419. The molecule has 1 aliphatic heterocycles. The van der Waals surface area contributed by atoms with Crippen LogP contribution in [0.2, 0.25) is 0 Å². The van der Waals surface area contributed by atoms with Crippen LogP contribution < -0.4 is 0 Å². The van der Waals surface area contributed by atoms with Gasteiger partial charge in [0.25, 0.3) is 0 Å². The molecule has 2 heteroatoms. The Bertz CT molecular complexity index is 143. The molecule has 0 aromatic heterocycles. The van der Waals surface area contributed by atoms with Crippen LogP contribution in [0, 0.1) is 5.92 Å². The molecule has 15 heavy (non-hydrogen) atoms. The summed E-state index contributed by atoms with van der Waals surface area (Å²) in [6.45, 7) is 7.18. The van der Waals surface area contributed by atoms with Gasteiger partial charge in [-0.15, -0.1) is 0 Å². The fraction of sp³-hybridized carbons (Fsp3) is 1.00. The molecule has 1 fully saturated rings. The fourth-order valence-corrected chi connectivity index (χ4v) is 1.80. The second kappa shape index (κ2) is 8.12. The third-order valence-corrected chi connectivity index (χ3v) is 3.10. The molecule has 0 saturated carbocycles. The average Bonchev–Trinajstić information content (AvgIpc) is 3.05. The van der Waals surface area contributed by atoms with Crippen molar-refractivity contribution in [1.29, 1.82) is 0 Å². The van der Waals surface area contributed by atoms with Crippen molar-refractivity contribution in [2.24, 2.45) is 5.92 Å². The summed E-state index contributed by atoms with van der Waals surface area (Å²) in [6, 6.07) is 0. The van der Waals surface area contributed by atoms with E-state index in [0.29, 0.717) is 6.10 Å². The molecular formula is C13H26O2. The molecule has 0 aromatic rings. The van der Waals surface area contributed by atoms with Crippen molar-refractivity contribution in [3.63, 3.8) is 0 Å². The lowest BCUT2D eigenvalue weighted by Crippen LogP contribution is -2.12. The average molecular weight is 214 g/mol. The van der Waals surface area contributed by atoms with Gasteiger partial charge in [0, 0.05) is 6.61 Å². The molecule has 0 spiro atoms. The van der Waals surface area contributed by atoms with Gasteiger partial charge in [0.05, 0.1) is 13.2 Å². The third kappa shape index (κ3) is 6.91. The molecule has 90 valence electrons. The molecule has 0 bridgehead atoms. The van der Waals surface area contributed by atoms with Crippen molar-refractivity contribution in [3.05, 3.63) is 0 Å². The zero-order valence-electron chi connectivity index (χ0n) is 10.3. The summed E-state index contributed by atoms with van der Waals surface area (Å²) >= 11 is 0. The monoisotopic (exact) mass is 214 g/mol. The summed E-state index contributed by atoms with van der Waals surface area (Å²) in [6.07, 6.45) is 8.47. The topological polar surface area (TPSA) is 21.8 Å². The number of hydrogen-bond donors (Lipinski definition) is 0. The summed E-state index contributed by atoms with van der Waals surface area (Å²) in [5, 5.41) is 0. The van der Waals surface area contributed by atoms with Gasteiger partial charge in [0.2, 0.25) is 0 Å². The van der Waals surface area contributed by atoms with Crippen molar-refractivity contribution >= 4 is 0 Å². The maximum absolute atomic E-state index is 5.64. The highest BCUT2D eigenvalue weighted by Gasteiger charge is 2.22. The number of ether oxygens (including phenoxy) is 2. The minimum absolute atomic E-state index is 0.419. The normalized spacial score (nSPS) is 21.6. The molecule has 1 saturated heterocycles. The number of rotatable bonds is 10. The van der Waals surface area contributed by atoms with E-state index in [-0.39, 0.29) is 0 Å². The SMILES string of the molecule is CCCCCCC(CC)COCC1CO1. The highest BCUT2D eigenvalue weighted by Crippen LogP contribution is 2.16. The highest BCUT2D eigenvalue weighted by atomic mass is 16.6. The summed E-state index contributed by atoms with van der Waals surface area (Å²) in [5.74, 6) is 0.764. The smallest absolute Gasteiger partial charge is 0.104 e. The lowest BCUT2D eigenvalue weighted by atomic mass is 9.99. The summed E-state index contributed by atoms with van der Waals surface area (Å²) in [4.78, 5) is 0. The predicted molar refractivity (Wildman–Crippen MR) is 63.1 cm³/mol. The molecule has 0 radical (unpaired) electrons. The predicted octanol–water partition coefficient (Wildman–Crippen LogP) is 3.40. The van der Waals surface area contributed by atoms with Crippen LogP contribution in [0.1, 0.15) is 52.4 Å². The van der Waals surface area contributed by atoms with E-state index in [2.05, 4.69) is 13.8 Å². The first-order valence-corrected chi connectivity index (χ1v) is 6.56. The van der Waals surface area contributed by atoms with E-state index in [0.717, 1.165) is 25.7 Å². The van der Waals surface area contributed by atoms with Crippen molar-refractivity contribution in [3.8, 4) is 0 Å². The fourth-order valence-electron chi connectivity index (χ4n) is 1.80. The first-order valence-electron chi connectivity index (χ1n) is 6.56. The first-order chi connectivity index (χ1) is 7.36. The van der Waals surface area contributed by atoms with Gasteiger partial charge in [-0.25, -0.2) is 0 Å². The largest absolute Gasteiger partial charge is 0.378 e. The van der Waals surface area contributed by atoms with Crippen LogP contribution in [0.15, 0.2) is 0 Å². The Morgan fingerprint density at radius 3 is 2.67 bits per heavy atom. The second-order valence-electron chi connectivity index (χ2n) is 4.62. The quantitative estimate of drug-likeness (QED) is 0.410. The van der Waals surface area contributed by atoms with E-state index in [4.69, 9.17) is 9.47 Å². The zero-order chi connectivity index (χ0) is 10.9. The van der Waals surface area contributed by atoms with Crippen LogP contribution in [0.5, 0.6) is 0 Å². The van der Waals surface area contributed by atoms with E-state index in [1.54, 1.807) is 0 Å². The van der Waals surface area contributed by atoms with Gasteiger partial charge in [-0.1, -0.05) is 46.0 Å². The van der Waals surface area contributed by atoms with Crippen LogP contribution >= 0.6 is 0 Å². The van der Waals surface area contributed by atoms with E-state index in [1.165, 1.54) is 38.5 Å². The van der Waals surface area contributed by atoms with Crippen molar-refractivity contribution < 1.29 is 9.47 Å². The molecule has 1 rings (SSSR count). The van der Waals surface area contributed by atoms with E-state index < -0.39 is 0 Å². The molecule has 0 aromatic carbocycles. The minimum Gasteiger partial charge on any atom is -0.378 e. The van der Waals surface area contributed by atoms with Gasteiger partial charge in [-0.05, 0) is 12.3 Å². The summed E-state index contributed by atoms with van der Waals surface area (Å²) in [7, 11) is 0. The standard InChI is InChI=1S/C13H26O2/c1-3-5-6-7-8-12(4-2)9-14-10-13-11-15-13/h12-13H,3-11H2,1-2H3. The molecule has 2 nitrogen and oxygen atoms in total. The first kappa shape index (κ1) is 13.0. The summed E-state index contributed by atoms with van der Waals surface area (Å²) < 4.78 is 10.8. The maximum Gasteiger partial charge on any atom is 0.104 e. The lowest BCUT2D eigenvalue weighted by Gasteiger charge is -2.14. The van der Waals surface area contributed by atoms with Crippen LogP contribution in [0.25, 0.3) is 0 Å². The molecular weight excluding hydrogens is 188 g/mol. The van der Waals surface area contributed by atoms with E-state index >= 15 is 0 Å². The third-order valence-electron chi connectivity index (χ3n) is 3.10. The van der Waals surface area contributed by atoms with Gasteiger partial charge in [0.15, 0.2) is 0 Å². The molecule has 1 heterocycles. The summed E-state index contributed by atoms with van der Waals surface area (Å²) in [5.41, 5.74) is 0. The van der Waals surface area contributed by atoms with Crippen LogP contribution in [-0.4, -0.2) is 25.9 Å². The van der Waals surface area contributed by atoms with Crippen molar-refractivity contribution in [2.75, 3.05) is 19.8 Å². The van der Waals surface area contributed by atoms with Crippen LogP contribution in [0.4, 0.5) is 0 Å². The van der Waals surface area contributed by atoms with Crippen LogP contribution in [0.3, 0.4) is 0 Å². The Hall–Kier alpha value is -0.0800. The van der Waals surface area contributed by atoms with Crippen molar-refractivity contribution in [2.45, 2.75) is 58.5 Å². The van der Waals surface area contributed by atoms with Gasteiger partial charge in [0.1, 0.15) is 6.10 Å². The molecule has 1 aliphatic rings. The molecule has 0 amide bonds. The maximum atomic E-state index is 5.64. The van der Waals surface area contributed by atoms with Crippen LogP contribution in [-0.2, 0) is 9.47 Å². The van der Waals surface area contributed by atoms with E-state index in [1.807, 2.05) is 0 Å². The Morgan fingerprint density at radius 1 is 1.27 bits per heavy atom.